The fourth-order valence-electron chi connectivity index (χ4n) is 2.23. The molecule has 1 aliphatic rings. The third kappa shape index (κ3) is 2.54. The first kappa shape index (κ1) is 14.1. The maximum Gasteiger partial charge on any atom is 0.357 e. The van der Waals surface area contributed by atoms with E-state index in [-0.39, 0.29) is 11.5 Å². The normalized spacial score (nSPS) is 13.1. The number of nitrogens with zero attached hydrogens (tertiary/aromatic N) is 2. The molecular weight excluding hydrogens is 341 g/mol. The summed E-state index contributed by atoms with van der Waals surface area (Å²) in [4.78, 5) is 20.6. The van der Waals surface area contributed by atoms with Gasteiger partial charge in [-0.1, -0.05) is 0 Å². The van der Waals surface area contributed by atoms with Gasteiger partial charge in [-0.05, 0) is 34.1 Å². The minimum atomic E-state index is -0.503. The van der Waals surface area contributed by atoms with Crippen LogP contribution in [0.1, 0.15) is 21.7 Å². The predicted molar refractivity (Wildman–Crippen MR) is 77.0 cm³/mol. The van der Waals surface area contributed by atoms with Crippen LogP contribution in [0.3, 0.4) is 0 Å². The van der Waals surface area contributed by atoms with E-state index in [0.29, 0.717) is 29.0 Å². The van der Waals surface area contributed by atoms with E-state index in [1.54, 1.807) is 6.07 Å². The predicted octanol–water partition coefficient (Wildman–Crippen LogP) is 2.44. The monoisotopic (exact) mass is 351 g/mol. The van der Waals surface area contributed by atoms with Crippen molar-refractivity contribution >= 4 is 21.9 Å². The maximum absolute atomic E-state index is 13.2. The zero-order valence-corrected chi connectivity index (χ0v) is 12.7. The standard InChI is InChI=1S/C14H11BrFN3O2/c1-21-14(20)12-9-5-17-6-11(9)18-13(19-12)8-3-2-7(16)4-10(8)15/h2-4,17H,5-6H2,1H3. The van der Waals surface area contributed by atoms with Crippen LogP contribution in [0.2, 0.25) is 0 Å². The number of halogens is 2. The average molecular weight is 352 g/mol. The van der Waals surface area contributed by atoms with Crippen LogP contribution in [-0.4, -0.2) is 23.0 Å². The molecule has 5 nitrogen and oxygen atoms in total. The van der Waals surface area contributed by atoms with E-state index in [4.69, 9.17) is 4.74 Å². The summed E-state index contributed by atoms with van der Waals surface area (Å²) < 4.78 is 18.5. The highest BCUT2D eigenvalue weighted by molar-refractivity contribution is 9.10. The summed E-state index contributed by atoms with van der Waals surface area (Å²) in [5.74, 6) is -0.497. The fourth-order valence-corrected chi connectivity index (χ4v) is 2.75. The average Bonchev–Trinajstić information content (AvgIpc) is 2.93. The van der Waals surface area contributed by atoms with Crippen molar-refractivity contribution in [2.24, 2.45) is 0 Å². The van der Waals surface area contributed by atoms with Gasteiger partial charge < -0.3 is 10.1 Å². The van der Waals surface area contributed by atoms with Crippen molar-refractivity contribution < 1.29 is 13.9 Å². The minimum Gasteiger partial charge on any atom is -0.464 e. The number of hydrogen-bond donors (Lipinski definition) is 1. The lowest BCUT2D eigenvalue weighted by Crippen LogP contribution is -2.11. The summed E-state index contributed by atoms with van der Waals surface area (Å²) in [7, 11) is 1.31. The molecule has 0 saturated carbocycles. The molecule has 1 aromatic heterocycles. The number of rotatable bonds is 2. The zero-order chi connectivity index (χ0) is 15.0. The Morgan fingerprint density at radius 2 is 2.19 bits per heavy atom. The molecule has 7 heteroatoms. The summed E-state index contributed by atoms with van der Waals surface area (Å²) in [5.41, 5.74) is 2.38. The number of carbonyl (C=O) groups excluding carboxylic acids is 1. The van der Waals surface area contributed by atoms with Crippen molar-refractivity contribution in [3.05, 3.63) is 45.4 Å². The molecule has 1 aliphatic heterocycles. The highest BCUT2D eigenvalue weighted by Crippen LogP contribution is 2.29. The number of carbonyl (C=O) groups is 1. The van der Waals surface area contributed by atoms with Gasteiger partial charge in [-0.15, -0.1) is 0 Å². The molecule has 1 aromatic carbocycles. The van der Waals surface area contributed by atoms with Crippen LogP contribution in [-0.2, 0) is 17.8 Å². The van der Waals surface area contributed by atoms with Crippen molar-refractivity contribution in [3.8, 4) is 11.4 Å². The Kier molecular flexibility index (Phi) is 3.69. The van der Waals surface area contributed by atoms with E-state index in [1.165, 1.54) is 19.2 Å². The molecule has 0 atom stereocenters. The van der Waals surface area contributed by atoms with Crippen LogP contribution in [0.5, 0.6) is 0 Å². The van der Waals surface area contributed by atoms with Gasteiger partial charge in [-0.3, -0.25) is 0 Å². The molecule has 108 valence electrons. The Morgan fingerprint density at radius 3 is 2.90 bits per heavy atom. The largest absolute Gasteiger partial charge is 0.464 e. The summed E-state index contributed by atoms with van der Waals surface area (Å²) in [6.45, 7) is 1.10. The Hall–Kier alpha value is -1.86. The number of benzene rings is 1. The molecule has 0 bridgehead atoms. The van der Waals surface area contributed by atoms with Crippen LogP contribution >= 0.6 is 15.9 Å². The molecule has 2 heterocycles. The van der Waals surface area contributed by atoms with Crippen molar-refractivity contribution in [1.82, 2.24) is 15.3 Å². The van der Waals surface area contributed by atoms with Gasteiger partial charge in [0, 0.05) is 28.7 Å². The number of hydrogen-bond acceptors (Lipinski definition) is 5. The van der Waals surface area contributed by atoms with Gasteiger partial charge in [-0.25, -0.2) is 19.2 Å². The highest BCUT2D eigenvalue weighted by atomic mass is 79.9. The van der Waals surface area contributed by atoms with Crippen LogP contribution in [0.4, 0.5) is 4.39 Å². The van der Waals surface area contributed by atoms with Crippen molar-refractivity contribution in [2.75, 3.05) is 7.11 Å². The second kappa shape index (κ2) is 5.50. The lowest BCUT2D eigenvalue weighted by atomic mass is 10.1. The Morgan fingerprint density at radius 1 is 1.38 bits per heavy atom. The lowest BCUT2D eigenvalue weighted by molar-refractivity contribution is 0.0592. The van der Waals surface area contributed by atoms with Crippen LogP contribution in [0.25, 0.3) is 11.4 Å². The molecular formula is C14H11BrFN3O2. The fraction of sp³-hybridized carbons (Fsp3) is 0.214. The molecule has 21 heavy (non-hydrogen) atoms. The Bertz CT molecular complexity index is 736. The molecule has 3 rings (SSSR count). The molecule has 0 spiro atoms. The van der Waals surface area contributed by atoms with Crippen molar-refractivity contribution in [3.63, 3.8) is 0 Å². The SMILES string of the molecule is COC(=O)c1nc(-c2ccc(F)cc2Br)nc2c1CNC2. The summed E-state index contributed by atoms with van der Waals surface area (Å²) in [6.07, 6.45) is 0. The Labute approximate surface area is 128 Å². The molecule has 0 aliphatic carbocycles. The number of aromatic nitrogens is 2. The van der Waals surface area contributed by atoms with Crippen LogP contribution < -0.4 is 5.32 Å². The van der Waals surface area contributed by atoms with E-state index in [1.807, 2.05) is 0 Å². The van der Waals surface area contributed by atoms with Gasteiger partial charge in [0.2, 0.25) is 0 Å². The lowest BCUT2D eigenvalue weighted by Gasteiger charge is -2.09. The van der Waals surface area contributed by atoms with Gasteiger partial charge in [0.1, 0.15) is 5.82 Å². The van der Waals surface area contributed by atoms with Crippen LogP contribution in [0, 0.1) is 5.82 Å². The quantitative estimate of drug-likeness (QED) is 0.842. The summed E-state index contributed by atoms with van der Waals surface area (Å²) in [6, 6.07) is 4.24. The number of methoxy groups -OCH3 is 1. The van der Waals surface area contributed by atoms with Gasteiger partial charge in [0.05, 0.1) is 12.8 Å². The van der Waals surface area contributed by atoms with Gasteiger partial charge in [0.25, 0.3) is 0 Å². The number of nitrogens with one attached hydrogen (secondary N) is 1. The van der Waals surface area contributed by atoms with Crippen LogP contribution in [0.15, 0.2) is 22.7 Å². The first-order valence-electron chi connectivity index (χ1n) is 6.24. The summed E-state index contributed by atoms with van der Waals surface area (Å²) >= 11 is 3.29. The molecule has 0 unspecified atom stereocenters. The van der Waals surface area contributed by atoms with Crippen molar-refractivity contribution in [1.29, 1.82) is 0 Å². The smallest absolute Gasteiger partial charge is 0.357 e. The molecule has 1 N–H and O–H groups in total. The number of fused-ring (bicyclic) bond motifs is 1. The molecule has 2 aromatic rings. The second-order valence-electron chi connectivity index (χ2n) is 4.54. The number of esters is 1. The minimum absolute atomic E-state index is 0.249. The maximum atomic E-state index is 13.2. The van der Waals surface area contributed by atoms with E-state index >= 15 is 0 Å². The van der Waals surface area contributed by atoms with E-state index in [0.717, 1.165) is 11.3 Å². The first-order valence-corrected chi connectivity index (χ1v) is 7.03. The molecule has 0 fully saturated rings. The van der Waals surface area contributed by atoms with Crippen molar-refractivity contribution in [2.45, 2.75) is 13.1 Å². The van der Waals surface area contributed by atoms with E-state index in [2.05, 4.69) is 31.2 Å². The second-order valence-corrected chi connectivity index (χ2v) is 5.39. The Balaban J connectivity index is 2.18. The summed E-state index contributed by atoms with van der Waals surface area (Å²) in [5, 5.41) is 3.13. The topological polar surface area (TPSA) is 64.1 Å². The zero-order valence-electron chi connectivity index (χ0n) is 11.1. The van der Waals surface area contributed by atoms with Gasteiger partial charge >= 0.3 is 5.97 Å². The number of ether oxygens (including phenoxy) is 1. The van der Waals surface area contributed by atoms with Gasteiger partial charge in [0.15, 0.2) is 11.5 Å². The molecule has 0 saturated heterocycles. The third-order valence-corrected chi connectivity index (χ3v) is 3.89. The van der Waals surface area contributed by atoms with E-state index in [9.17, 15) is 9.18 Å². The third-order valence-electron chi connectivity index (χ3n) is 3.24. The molecule has 0 radical (unpaired) electrons. The van der Waals surface area contributed by atoms with E-state index < -0.39 is 5.97 Å². The highest BCUT2D eigenvalue weighted by Gasteiger charge is 2.24. The van der Waals surface area contributed by atoms with Gasteiger partial charge in [-0.2, -0.15) is 0 Å². The first-order chi connectivity index (χ1) is 10.1. The molecule has 0 amide bonds.